The van der Waals surface area contributed by atoms with Crippen LogP contribution in [0.15, 0.2) is 53.3 Å². The van der Waals surface area contributed by atoms with Gasteiger partial charge in [-0.25, -0.2) is 9.36 Å². The molecule has 2 aromatic heterocycles. The van der Waals surface area contributed by atoms with Crippen LogP contribution in [0.25, 0.3) is 16.6 Å². The van der Waals surface area contributed by atoms with Gasteiger partial charge in [0.25, 0.3) is 5.56 Å². The first kappa shape index (κ1) is 22.5. The summed E-state index contributed by atoms with van der Waals surface area (Å²) in [7, 11) is 0. The quantitative estimate of drug-likeness (QED) is 0.470. The van der Waals surface area contributed by atoms with Crippen LogP contribution in [0.1, 0.15) is 48.8 Å². The van der Waals surface area contributed by atoms with Crippen molar-refractivity contribution in [1.82, 2.24) is 19.6 Å². The second-order valence-corrected chi connectivity index (χ2v) is 8.27. The Balaban J connectivity index is 1.79. The van der Waals surface area contributed by atoms with Crippen molar-refractivity contribution < 1.29 is 4.79 Å². The number of anilines is 1. The fourth-order valence-corrected chi connectivity index (χ4v) is 4.36. The molecule has 7 heteroatoms. The highest BCUT2D eigenvalue weighted by Crippen LogP contribution is 2.25. The predicted molar refractivity (Wildman–Crippen MR) is 131 cm³/mol. The third-order valence-corrected chi connectivity index (χ3v) is 6.12. The van der Waals surface area contributed by atoms with Crippen LogP contribution in [0.2, 0.25) is 0 Å². The molecule has 33 heavy (non-hydrogen) atoms. The highest BCUT2D eigenvalue weighted by atomic mass is 16.2. The predicted octanol–water partition coefficient (Wildman–Crippen LogP) is 4.66. The largest absolute Gasteiger partial charge is 0.324 e. The first-order valence-electron chi connectivity index (χ1n) is 11.3. The van der Waals surface area contributed by atoms with Crippen molar-refractivity contribution in [2.45, 2.75) is 53.5 Å². The van der Waals surface area contributed by atoms with Crippen molar-refractivity contribution in [2.24, 2.45) is 0 Å². The molecule has 2 aromatic carbocycles. The molecule has 0 aliphatic rings. The van der Waals surface area contributed by atoms with Crippen LogP contribution >= 0.6 is 0 Å². The van der Waals surface area contributed by atoms with Gasteiger partial charge >= 0.3 is 0 Å². The van der Waals surface area contributed by atoms with E-state index in [2.05, 4.69) is 22.4 Å². The minimum atomic E-state index is -0.743. The highest BCUT2D eigenvalue weighted by molar-refractivity contribution is 5.95. The zero-order valence-corrected chi connectivity index (χ0v) is 19.7. The van der Waals surface area contributed by atoms with Gasteiger partial charge in [0.1, 0.15) is 6.04 Å². The van der Waals surface area contributed by atoms with E-state index in [1.807, 2.05) is 76.2 Å². The number of nitrogens with one attached hydrogen (secondary N) is 1. The number of carbonyl (C=O) groups excluding carboxylic acids is 1. The minimum absolute atomic E-state index is 0.255. The lowest BCUT2D eigenvalue weighted by Gasteiger charge is -2.19. The topological polar surface area (TPSA) is 81.8 Å². The zero-order valence-electron chi connectivity index (χ0n) is 19.7. The Bertz CT molecular complexity index is 1390. The van der Waals surface area contributed by atoms with Gasteiger partial charge in [0.2, 0.25) is 5.91 Å². The highest BCUT2D eigenvalue weighted by Gasteiger charge is 2.26. The van der Waals surface area contributed by atoms with E-state index in [0.717, 1.165) is 40.0 Å². The molecule has 0 radical (unpaired) electrons. The first-order chi connectivity index (χ1) is 15.9. The number of fused-ring (bicyclic) bond motifs is 1. The van der Waals surface area contributed by atoms with Crippen LogP contribution in [0, 0.1) is 20.8 Å². The zero-order chi connectivity index (χ0) is 23.7. The van der Waals surface area contributed by atoms with Crippen LogP contribution < -0.4 is 10.9 Å². The summed E-state index contributed by atoms with van der Waals surface area (Å²) in [4.78, 5) is 26.8. The number of carbonyl (C=O) groups is 1. The Kier molecular flexibility index (Phi) is 6.14. The Morgan fingerprint density at radius 3 is 2.39 bits per heavy atom. The average Bonchev–Trinajstić information content (AvgIpc) is 3.17. The molecule has 1 amide bonds. The van der Waals surface area contributed by atoms with E-state index in [4.69, 9.17) is 0 Å². The smallest absolute Gasteiger partial charge is 0.295 e. The van der Waals surface area contributed by atoms with Crippen molar-refractivity contribution in [3.8, 4) is 5.69 Å². The van der Waals surface area contributed by atoms with E-state index < -0.39 is 6.04 Å². The maximum Gasteiger partial charge on any atom is 0.295 e. The summed E-state index contributed by atoms with van der Waals surface area (Å²) in [5.41, 5.74) is 5.18. The first-order valence-corrected chi connectivity index (χ1v) is 11.3. The summed E-state index contributed by atoms with van der Waals surface area (Å²) in [6, 6.07) is 14.9. The van der Waals surface area contributed by atoms with E-state index >= 15 is 0 Å². The van der Waals surface area contributed by atoms with Gasteiger partial charge in [-0.05, 0) is 56.9 Å². The fraction of sp³-hybridized carbons (Fsp3) is 0.308. The number of aromatic nitrogens is 4. The van der Waals surface area contributed by atoms with E-state index in [1.165, 1.54) is 4.68 Å². The molecule has 2 heterocycles. The van der Waals surface area contributed by atoms with Crippen LogP contribution in [0.5, 0.6) is 0 Å². The molecular formula is C26H29N5O2. The molecule has 0 fully saturated rings. The molecule has 0 spiro atoms. The molecule has 170 valence electrons. The molecule has 0 bridgehead atoms. The molecule has 0 unspecified atom stereocenters. The molecule has 0 saturated heterocycles. The fourth-order valence-electron chi connectivity index (χ4n) is 4.36. The third kappa shape index (κ3) is 3.95. The van der Waals surface area contributed by atoms with Crippen molar-refractivity contribution in [1.29, 1.82) is 0 Å². The lowest BCUT2D eigenvalue weighted by atomic mass is 10.1. The molecule has 0 saturated carbocycles. The summed E-state index contributed by atoms with van der Waals surface area (Å²) in [5, 5.41) is 13.0. The molecule has 1 N–H and O–H groups in total. The van der Waals surface area contributed by atoms with Crippen molar-refractivity contribution in [3.63, 3.8) is 0 Å². The van der Waals surface area contributed by atoms with E-state index in [9.17, 15) is 9.59 Å². The van der Waals surface area contributed by atoms with Gasteiger partial charge in [0, 0.05) is 5.69 Å². The number of benzene rings is 2. The average molecular weight is 444 g/mol. The standard InChI is InChI=1S/C26H29N5O2/c1-6-19-13-11-12-16(3)23(19)27-25(32)21(7-2)31-26(33)24-22(17(4)28-31)18(5)30(29-24)20-14-9-8-10-15-20/h8-15,21H,6-7H2,1-5H3,(H,27,32)/t21-/m0/s1. The molecule has 4 rings (SSSR count). The minimum Gasteiger partial charge on any atom is -0.324 e. The molecular weight excluding hydrogens is 414 g/mol. The Hall–Kier alpha value is -3.74. The Morgan fingerprint density at radius 2 is 1.73 bits per heavy atom. The van der Waals surface area contributed by atoms with Crippen LogP contribution in [-0.2, 0) is 11.2 Å². The van der Waals surface area contributed by atoms with E-state index in [-0.39, 0.29) is 11.5 Å². The van der Waals surface area contributed by atoms with Crippen molar-refractivity contribution in [2.75, 3.05) is 5.32 Å². The number of rotatable bonds is 6. The maximum absolute atomic E-state index is 13.5. The molecule has 7 nitrogen and oxygen atoms in total. The Morgan fingerprint density at radius 1 is 1.00 bits per heavy atom. The van der Waals surface area contributed by atoms with E-state index in [1.54, 1.807) is 4.68 Å². The Labute approximate surface area is 193 Å². The maximum atomic E-state index is 13.5. The van der Waals surface area contributed by atoms with Gasteiger partial charge in [0.15, 0.2) is 5.52 Å². The monoisotopic (exact) mass is 443 g/mol. The van der Waals surface area contributed by atoms with Crippen LogP contribution in [-0.4, -0.2) is 25.5 Å². The molecule has 4 aromatic rings. The normalized spacial score (nSPS) is 12.2. The molecule has 0 aliphatic heterocycles. The third-order valence-electron chi connectivity index (χ3n) is 6.12. The lowest BCUT2D eigenvalue weighted by Crippen LogP contribution is -2.35. The van der Waals surface area contributed by atoms with Crippen molar-refractivity contribution >= 4 is 22.5 Å². The number of aryl methyl sites for hydroxylation is 4. The van der Waals surface area contributed by atoms with E-state index in [0.29, 0.717) is 17.6 Å². The van der Waals surface area contributed by atoms with Crippen molar-refractivity contribution in [3.05, 3.63) is 81.4 Å². The molecule has 1 atom stereocenters. The summed E-state index contributed by atoms with van der Waals surface area (Å²) in [6.07, 6.45) is 1.23. The number of para-hydroxylation sites is 2. The van der Waals surface area contributed by atoms with Gasteiger partial charge in [-0.1, -0.05) is 50.2 Å². The molecule has 0 aliphatic carbocycles. The summed E-state index contributed by atoms with van der Waals surface area (Å²) in [6.45, 7) is 9.68. The van der Waals surface area contributed by atoms with Crippen LogP contribution in [0.3, 0.4) is 0 Å². The second kappa shape index (κ2) is 9.02. The number of amides is 1. The number of nitrogens with zero attached hydrogens (tertiary/aromatic N) is 4. The van der Waals surface area contributed by atoms with Gasteiger partial charge < -0.3 is 5.32 Å². The lowest BCUT2D eigenvalue weighted by molar-refractivity contribution is -0.119. The summed E-state index contributed by atoms with van der Waals surface area (Å²) in [5.74, 6) is -0.255. The SMILES string of the molecule is CCc1cccc(C)c1NC(=O)[C@H](CC)n1nc(C)c2c(C)n(-c3ccccc3)nc2c1=O. The summed E-state index contributed by atoms with van der Waals surface area (Å²) < 4.78 is 3.05. The van der Waals surface area contributed by atoms with Gasteiger partial charge in [-0.15, -0.1) is 0 Å². The number of hydrogen-bond acceptors (Lipinski definition) is 4. The van der Waals surface area contributed by atoms with Gasteiger partial charge in [-0.3, -0.25) is 9.59 Å². The number of hydrogen-bond donors (Lipinski definition) is 1. The van der Waals surface area contributed by atoms with Gasteiger partial charge in [-0.2, -0.15) is 10.2 Å². The van der Waals surface area contributed by atoms with Gasteiger partial charge in [0.05, 0.1) is 22.5 Å². The van der Waals surface area contributed by atoms with Crippen LogP contribution in [0.4, 0.5) is 5.69 Å². The summed E-state index contributed by atoms with van der Waals surface area (Å²) >= 11 is 0. The second-order valence-electron chi connectivity index (χ2n) is 8.27.